The van der Waals surface area contributed by atoms with Crippen LogP contribution >= 0.6 is 0 Å². The molecule has 2 unspecified atom stereocenters. The van der Waals surface area contributed by atoms with Crippen molar-refractivity contribution in [2.75, 3.05) is 6.54 Å². The number of nitrogens with zero attached hydrogens (tertiary/aromatic N) is 3. The average Bonchev–Trinajstić information content (AvgIpc) is 2.90. The molecule has 1 aliphatic rings. The van der Waals surface area contributed by atoms with Crippen molar-refractivity contribution in [1.82, 2.24) is 20.0 Å². The van der Waals surface area contributed by atoms with Crippen LogP contribution < -0.4 is 5.32 Å². The first-order valence-corrected chi connectivity index (χ1v) is 6.18. The summed E-state index contributed by atoms with van der Waals surface area (Å²) in [5.41, 5.74) is 0. The number of imide groups is 1. The van der Waals surface area contributed by atoms with E-state index in [1.165, 1.54) is 9.58 Å². The van der Waals surface area contributed by atoms with E-state index in [0.29, 0.717) is 6.42 Å². The molecule has 1 aromatic heterocycles. The molecule has 3 amide bonds. The average molecular weight is 264 g/mol. The second-order valence-electron chi connectivity index (χ2n) is 4.46. The molecule has 1 N–H and O–H groups in total. The van der Waals surface area contributed by atoms with E-state index in [1.54, 1.807) is 32.3 Å². The SMILES string of the molecule is CCC1C(=O)NC(=O)CN1C(=O)C(C)n1cccn1. The molecular formula is C12H16N4O3. The number of nitrogens with one attached hydrogen (secondary N) is 1. The molecule has 0 aromatic carbocycles. The van der Waals surface area contributed by atoms with Crippen LogP contribution in [0, 0.1) is 0 Å². The standard InChI is InChI=1S/C12H16N4O3/c1-3-9-11(18)14-10(17)7-15(9)12(19)8(2)16-6-4-5-13-16/h4-6,8-9H,3,7H2,1-2H3,(H,14,17,18). The number of aromatic nitrogens is 2. The van der Waals surface area contributed by atoms with Gasteiger partial charge in [-0.2, -0.15) is 5.10 Å². The van der Waals surface area contributed by atoms with E-state index in [0.717, 1.165) is 0 Å². The fraction of sp³-hybridized carbons (Fsp3) is 0.500. The van der Waals surface area contributed by atoms with Gasteiger partial charge in [-0.3, -0.25) is 24.4 Å². The predicted molar refractivity (Wildman–Crippen MR) is 65.9 cm³/mol. The van der Waals surface area contributed by atoms with Gasteiger partial charge in [0.25, 0.3) is 0 Å². The summed E-state index contributed by atoms with van der Waals surface area (Å²) in [5.74, 6) is -1.14. The van der Waals surface area contributed by atoms with Crippen LogP contribution in [0.3, 0.4) is 0 Å². The van der Waals surface area contributed by atoms with Crippen molar-refractivity contribution in [3.05, 3.63) is 18.5 Å². The number of carbonyl (C=O) groups excluding carboxylic acids is 3. The molecule has 0 saturated carbocycles. The first-order valence-electron chi connectivity index (χ1n) is 6.18. The summed E-state index contributed by atoms with van der Waals surface area (Å²) in [5, 5.41) is 6.25. The molecule has 2 rings (SSSR count). The highest BCUT2D eigenvalue weighted by molar-refractivity contribution is 6.04. The predicted octanol–water partition coefficient (Wildman–Crippen LogP) is -0.292. The molecule has 0 radical (unpaired) electrons. The molecule has 7 heteroatoms. The zero-order valence-electron chi connectivity index (χ0n) is 10.9. The maximum atomic E-state index is 12.4. The van der Waals surface area contributed by atoms with Gasteiger partial charge < -0.3 is 4.90 Å². The van der Waals surface area contributed by atoms with E-state index in [1.807, 2.05) is 0 Å². The minimum atomic E-state index is -0.594. The van der Waals surface area contributed by atoms with Crippen LogP contribution in [0.2, 0.25) is 0 Å². The monoisotopic (exact) mass is 264 g/mol. The van der Waals surface area contributed by atoms with Crippen LogP contribution in [0.15, 0.2) is 18.5 Å². The van der Waals surface area contributed by atoms with Crippen molar-refractivity contribution in [3.63, 3.8) is 0 Å². The minimum absolute atomic E-state index is 0.0886. The van der Waals surface area contributed by atoms with Crippen LogP contribution in [0.1, 0.15) is 26.3 Å². The molecule has 0 aliphatic carbocycles. The second-order valence-corrected chi connectivity index (χ2v) is 4.46. The third-order valence-corrected chi connectivity index (χ3v) is 3.20. The molecule has 0 spiro atoms. The zero-order valence-corrected chi connectivity index (χ0v) is 10.9. The lowest BCUT2D eigenvalue weighted by Crippen LogP contribution is -2.60. The number of hydrogen-bond acceptors (Lipinski definition) is 4. The summed E-state index contributed by atoms with van der Waals surface area (Å²) >= 11 is 0. The zero-order chi connectivity index (χ0) is 14.0. The molecule has 7 nitrogen and oxygen atoms in total. The van der Waals surface area contributed by atoms with Crippen molar-refractivity contribution in [2.45, 2.75) is 32.4 Å². The van der Waals surface area contributed by atoms with Crippen molar-refractivity contribution >= 4 is 17.7 Å². The van der Waals surface area contributed by atoms with Gasteiger partial charge in [0, 0.05) is 12.4 Å². The van der Waals surface area contributed by atoms with Gasteiger partial charge in [0.05, 0.1) is 0 Å². The van der Waals surface area contributed by atoms with E-state index in [2.05, 4.69) is 10.4 Å². The second kappa shape index (κ2) is 5.21. The Bertz CT molecular complexity index is 497. The summed E-state index contributed by atoms with van der Waals surface area (Å²) in [6, 6.07) is 0.584. The number of amides is 3. The molecule has 2 heterocycles. The highest BCUT2D eigenvalue weighted by Crippen LogP contribution is 2.15. The summed E-state index contributed by atoms with van der Waals surface area (Å²) in [4.78, 5) is 36.8. The Morgan fingerprint density at radius 3 is 2.89 bits per heavy atom. The topological polar surface area (TPSA) is 84.3 Å². The Kier molecular flexibility index (Phi) is 3.64. The highest BCUT2D eigenvalue weighted by atomic mass is 16.2. The van der Waals surface area contributed by atoms with Crippen molar-refractivity contribution < 1.29 is 14.4 Å². The van der Waals surface area contributed by atoms with E-state index in [4.69, 9.17) is 0 Å². The largest absolute Gasteiger partial charge is 0.319 e. The number of hydrogen-bond donors (Lipinski definition) is 1. The van der Waals surface area contributed by atoms with Crippen LogP contribution in [-0.2, 0) is 14.4 Å². The maximum Gasteiger partial charge on any atom is 0.249 e. The Balaban J connectivity index is 2.20. The first-order chi connectivity index (χ1) is 9.04. The summed E-state index contributed by atoms with van der Waals surface area (Å²) in [6.45, 7) is 3.41. The third kappa shape index (κ3) is 2.49. The van der Waals surface area contributed by atoms with Crippen LogP contribution in [0.25, 0.3) is 0 Å². The number of carbonyl (C=O) groups is 3. The summed E-state index contributed by atoms with van der Waals surface area (Å²) in [7, 11) is 0. The van der Waals surface area contributed by atoms with Gasteiger partial charge in [-0.1, -0.05) is 6.92 Å². The van der Waals surface area contributed by atoms with E-state index in [9.17, 15) is 14.4 Å². The molecule has 1 aliphatic heterocycles. The van der Waals surface area contributed by atoms with Gasteiger partial charge in [0.1, 0.15) is 18.6 Å². The number of rotatable bonds is 3. The molecule has 2 atom stereocenters. The van der Waals surface area contributed by atoms with Gasteiger partial charge >= 0.3 is 0 Å². The van der Waals surface area contributed by atoms with Gasteiger partial charge in [-0.15, -0.1) is 0 Å². The van der Waals surface area contributed by atoms with Crippen molar-refractivity contribution in [2.24, 2.45) is 0 Å². The smallest absolute Gasteiger partial charge is 0.249 e. The third-order valence-electron chi connectivity index (χ3n) is 3.20. The molecule has 1 fully saturated rings. The molecule has 1 saturated heterocycles. The molecule has 102 valence electrons. The van der Waals surface area contributed by atoms with Crippen molar-refractivity contribution in [3.8, 4) is 0 Å². The van der Waals surface area contributed by atoms with Crippen molar-refractivity contribution in [1.29, 1.82) is 0 Å². The normalized spacial score (nSPS) is 21.2. The maximum absolute atomic E-state index is 12.4. The summed E-state index contributed by atoms with van der Waals surface area (Å²) in [6.07, 6.45) is 3.72. The Morgan fingerprint density at radius 1 is 1.58 bits per heavy atom. The molecule has 19 heavy (non-hydrogen) atoms. The Morgan fingerprint density at radius 2 is 2.32 bits per heavy atom. The Labute approximate surface area is 110 Å². The van der Waals surface area contributed by atoms with E-state index >= 15 is 0 Å². The van der Waals surface area contributed by atoms with Gasteiger partial charge in [0.2, 0.25) is 17.7 Å². The molecule has 1 aromatic rings. The molecular weight excluding hydrogens is 248 g/mol. The lowest BCUT2D eigenvalue weighted by atomic mass is 10.1. The van der Waals surface area contributed by atoms with E-state index in [-0.39, 0.29) is 12.5 Å². The minimum Gasteiger partial charge on any atom is -0.319 e. The van der Waals surface area contributed by atoms with Crippen LogP contribution in [0.5, 0.6) is 0 Å². The Hall–Kier alpha value is -2.18. The van der Waals surface area contributed by atoms with Crippen LogP contribution in [-0.4, -0.2) is 45.0 Å². The lowest BCUT2D eigenvalue weighted by Gasteiger charge is -2.34. The van der Waals surface area contributed by atoms with Gasteiger partial charge in [-0.25, -0.2) is 0 Å². The highest BCUT2D eigenvalue weighted by Gasteiger charge is 2.37. The fourth-order valence-corrected chi connectivity index (χ4v) is 2.17. The van der Waals surface area contributed by atoms with Gasteiger partial charge in [0.15, 0.2) is 0 Å². The lowest BCUT2D eigenvalue weighted by molar-refractivity contribution is -0.151. The fourth-order valence-electron chi connectivity index (χ4n) is 2.17. The first kappa shape index (κ1) is 13.3. The quantitative estimate of drug-likeness (QED) is 0.760. The van der Waals surface area contributed by atoms with Gasteiger partial charge in [-0.05, 0) is 19.4 Å². The summed E-state index contributed by atoms with van der Waals surface area (Å²) < 4.78 is 1.51. The molecule has 0 bridgehead atoms. The van der Waals surface area contributed by atoms with E-state index < -0.39 is 23.9 Å². The number of piperazine rings is 1. The van der Waals surface area contributed by atoms with Crippen LogP contribution in [0.4, 0.5) is 0 Å².